The van der Waals surface area contributed by atoms with Gasteiger partial charge in [-0.2, -0.15) is 14.7 Å². The standard InChI is InChI=1S/C14H10Cl2N6S/c1-21-12(10(16)7-17-21)13-20-22-11(18-19-14(22)23-13)6-8-4-2-3-5-9(8)15/h2-5,7H,6H2,1H3. The number of halogens is 2. The van der Waals surface area contributed by atoms with Crippen LogP contribution < -0.4 is 0 Å². The molecule has 0 bridgehead atoms. The van der Waals surface area contributed by atoms with Gasteiger partial charge in [0.05, 0.1) is 11.2 Å². The maximum Gasteiger partial charge on any atom is 0.235 e. The summed E-state index contributed by atoms with van der Waals surface area (Å²) in [5.41, 5.74) is 1.75. The molecule has 0 radical (unpaired) electrons. The number of rotatable bonds is 3. The number of nitrogens with zero attached hydrogens (tertiary/aromatic N) is 6. The molecule has 4 aromatic rings. The summed E-state index contributed by atoms with van der Waals surface area (Å²) in [6.07, 6.45) is 2.16. The maximum absolute atomic E-state index is 6.22. The molecule has 1 aromatic carbocycles. The summed E-state index contributed by atoms with van der Waals surface area (Å²) in [5.74, 6) is 0.730. The zero-order valence-electron chi connectivity index (χ0n) is 11.9. The molecule has 0 aliphatic rings. The summed E-state index contributed by atoms with van der Waals surface area (Å²) in [4.78, 5) is 0.708. The normalized spacial score (nSPS) is 11.4. The molecule has 0 aliphatic carbocycles. The van der Waals surface area contributed by atoms with Crippen molar-refractivity contribution in [3.63, 3.8) is 0 Å². The second kappa shape index (κ2) is 5.59. The molecule has 0 saturated heterocycles. The quantitative estimate of drug-likeness (QED) is 0.558. The average molecular weight is 365 g/mol. The Balaban J connectivity index is 1.77. The monoisotopic (exact) mass is 364 g/mol. The molecular weight excluding hydrogens is 355 g/mol. The van der Waals surface area contributed by atoms with Gasteiger partial charge in [0.1, 0.15) is 5.69 Å². The molecule has 0 atom stereocenters. The molecule has 0 saturated carbocycles. The lowest BCUT2D eigenvalue weighted by molar-refractivity contribution is 0.770. The molecule has 3 aromatic heterocycles. The van der Waals surface area contributed by atoms with Gasteiger partial charge < -0.3 is 0 Å². The van der Waals surface area contributed by atoms with E-state index in [1.165, 1.54) is 11.3 Å². The van der Waals surface area contributed by atoms with Crippen LogP contribution in [0.3, 0.4) is 0 Å². The Labute approximate surface area is 145 Å². The Hall–Kier alpha value is -1.96. The van der Waals surface area contributed by atoms with Crippen LogP contribution in [-0.2, 0) is 13.5 Å². The Morgan fingerprint density at radius 1 is 1.13 bits per heavy atom. The van der Waals surface area contributed by atoms with E-state index in [-0.39, 0.29) is 0 Å². The number of benzene rings is 1. The summed E-state index contributed by atoms with van der Waals surface area (Å²) in [6, 6.07) is 7.67. The second-order valence-electron chi connectivity index (χ2n) is 4.95. The van der Waals surface area contributed by atoms with Gasteiger partial charge in [0.25, 0.3) is 0 Å². The third kappa shape index (κ3) is 2.50. The summed E-state index contributed by atoms with van der Waals surface area (Å²) < 4.78 is 3.43. The van der Waals surface area contributed by atoms with Crippen molar-refractivity contribution in [2.24, 2.45) is 7.05 Å². The average Bonchev–Trinajstić information content (AvgIpc) is 3.18. The highest BCUT2D eigenvalue weighted by Crippen LogP contribution is 2.31. The van der Waals surface area contributed by atoms with Gasteiger partial charge in [-0.25, -0.2) is 0 Å². The van der Waals surface area contributed by atoms with Crippen LogP contribution >= 0.6 is 34.5 Å². The van der Waals surface area contributed by atoms with E-state index in [4.69, 9.17) is 23.2 Å². The highest BCUT2D eigenvalue weighted by molar-refractivity contribution is 7.19. The molecule has 9 heteroatoms. The molecule has 0 unspecified atom stereocenters. The van der Waals surface area contributed by atoms with Crippen molar-refractivity contribution >= 4 is 39.5 Å². The predicted octanol–water partition coefficient (Wildman–Crippen LogP) is 3.48. The van der Waals surface area contributed by atoms with Crippen LogP contribution in [0, 0.1) is 0 Å². The minimum Gasteiger partial charge on any atom is -0.264 e. The molecule has 0 fully saturated rings. The summed E-state index contributed by atoms with van der Waals surface area (Å²) >= 11 is 13.8. The highest BCUT2D eigenvalue weighted by atomic mass is 35.5. The summed E-state index contributed by atoms with van der Waals surface area (Å²) in [7, 11) is 1.83. The minimum atomic E-state index is 0.559. The number of aromatic nitrogens is 6. The first-order valence-corrected chi connectivity index (χ1v) is 8.33. The molecule has 3 heterocycles. The molecule has 23 heavy (non-hydrogen) atoms. The first kappa shape index (κ1) is 14.6. The van der Waals surface area contributed by atoms with Gasteiger partial charge in [-0.1, -0.05) is 52.7 Å². The molecule has 0 aliphatic heterocycles. The van der Waals surface area contributed by atoms with Gasteiger partial charge >= 0.3 is 0 Å². The van der Waals surface area contributed by atoms with Crippen LogP contribution in [0.5, 0.6) is 0 Å². The van der Waals surface area contributed by atoms with E-state index in [2.05, 4.69) is 20.4 Å². The fourth-order valence-corrected chi connectivity index (χ4v) is 3.79. The molecule has 116 valence electrons. The van der Waals surface area contributed by atoms with Crippen molar-refractivity contribution in [3.05, 3.63) is 51.9 Å². The third-order valence-electron chi connectivity index (χ3n) is 3.46. The van der Waals surface area contributed by atoms with Crippen molar-refractivity contribution in [2.45, 2.75) is 6.42 Å². The number of hydrogen-bond donors (Lipinski definition) is 0. The fourth-order valence-electron chi connectivity index (χ4n) is 2.33. The van der Waals surface area contributed by atoms with E-state index in [0.717, 1.165) is 22.1 Å². The maximum atomic E-state index is 6.22. The fraction of sp³-hybridized carbons (Fsp3) is 0.143. The van der Waals surface area contributed by atoms with Crippen molar-refractivity contribution in [3.8, 4) is 10.7 Å². The van der Waals surface area contributed by atoms with E-state index >= 15 is 0 Å². The molecular formula is C14H10Cl2N6S. The van der Waals surface area contributed by atoms with Crippen molar-refractivity contribution in [2.75, 3.05) is 0 Å². The lowest BCUT2D eigenvalue weighted by Crippen LogP contribution is -1.99. The summed E-state index contributed by atoms with van der Waals surface area (Å²) in [5, 5.41) is 19.1. The third-order valence-corrected chi connectivity index (χ3v) is 5.01. The van der Waals surface area contributed by atoms with Gasteiger partial charge in [0.2, 0.25) is 4.96 Å². The Morgan fingerprint density at radius 2 is 1.96 bits per heavy atom. The predicted molar refractivity (Wildman–Crippen MR) is 90.1 cm³/mol. The van der Waals surface area contributed by atoms with E-state index < -0.39 is 0 Å². The van der Waals surface area contributed by atoms with Crippen molar-refractivity contribution in [1.29, 1.82) is 0 Å². The number of hydrogen-bond acceptors (Lipinski definition) is 5. The molecule has 0 amide bonds. The van der Waals surface area contributed by atoms with Gasteiger partial charge in [0.15, 0.2) is 10.8 Å². The molecule has 4 rings (SSSR count). The lowest BCUT2D eigenvalue weighted by Gasteiger charge is -2.01. The topological polar surface area (TPSA) is 60.9 Å². The van der Waals surface area contributed by atoms with E-state index in [1.807, 2.05) is 31.3 Å². The van der Waals surface area contributed by atoms with E-state index in [0.29, 0.717) is 21.4 Å². The van der Waals surface area contributed by atoms with Crippen LogP contribution in [0.4, 0.5) is 0 Å². The highest BCUT2D eigenvalue weighted by Gasteiger charge is 2.18. The van der Waals surface area contributed by atoms with Crippen LogP contribution in [-0.4, -0.2) is 29.6 Å². The molecule has 0 N–H and O–H groups in total. The van der Waals surface area contributed by atoms with Crippen LogP contribution in [0.1, 0.15) is 11.4 Å². The van der Waals surface area contributed by atoms with Crippen molar-refractivity contribution < 1.29 is 0 Å². The first-order chi connectivity index (χ1) is 11.1. The van der Waals surface area contributed by atoms with Gasteiger partial charge in [-0.3, -0.25) is 4.68 Å². The van der Waals surface area contributed by atoms with E-state index in [9.17, 15) is 0 Å². The first-order valence-electron chi connectivity index (χ1n) is 6.76. The number of fused-ring (bicyclic) bond motifs is 1. The van der Waals surface area contributed by atoms with Gasteiger partial charge in [-0.15, -0.1) is 10.2 Å². The molecule has 6 nitrogen and oxygen atoms in total. The van der Waals surface area contributed by atoms with Crippen LogP contribution in [0.25, 0.3) is 15.7 Å². The zero-order valence-corrected chi connectivity index (χ0v) is 14.3. The zero-order chi connectivity index (χ0) is 16.0. The largest absolute Gasteiger partial charge is 0.264 e. The van der Waals surface area contributed by atoms with Crippen LogP contribution in [0.2, 0.25) is 10.0 Å². The summed E-state index contributed by atoms with van der Waals surface area (Å²) in [6.45, 7) is 0. The lowest BCUT2D eigenvalue weighted by atomic mass is 10.1. The second-order valence-corrected chi connectivity index (χ2v) is 6.72. The van der Waals surface area contributed by atoms with E-state index in [1.54, 1.807) is 15.4 Å². The molecule has 0 spiro atoms. The Kier molecular flexibility index (Phi) is 3.56. The van der Waals surface area contributed by atoms with Crippen molar-refractivity contribution in [1.82, 2.24) is 29.6 Å². The smallest absolute Gasteiger partial charge is 0.235 e. The Morgan fingerprint density at radius 3 is 2.70 bits per heavy atom. The Bertz CT molecular complexity index is 982. The van der Waals surface area contributed by atoms with Crippen LogP contribution in [0.15, 0.2) is 30.5 Å². The minimum absolute atomic E-state index is 0.559. The van der Waals surface area contributed by atoms with Gasteiger partial charge in [-0.05, 0) is 11.6 Å². The number of aryl methyl sites for hydroxylation is 1. The van der Waals surface area contributed by atoms with Gasteiger partial charge in [0, 0.05) is 18.5 Å². The SMILES string of the molecule is Cn1ncc(Cl)c1-c1nn2c(Cc3ccccc3Cl)nnc2s1.